The molecule has 3 aromatic rings. The van der Waals surface area contributed by atoms with Crippen LogP contribution in [0.3, 0.4) is 0 Å². The first kappa shape index (κ1) is 11.1. The van der Waals surface area contributed by atoms with Crippen molar-refractivity contribution in [2.24, 2.45) is 0 Å². The number of benzene rings is 2. The van der Waals surface area contributed by atoms with Gasteiger partial charge >= 0.3 is 0 Å². The zero-order valence-electron chi connectivity index (χ0n) is 9.71. The summed E-state index contributed by atoms with van der Waals surface area (Å²) in [6.07, 6.45) is 1.83. The van der Waals surface area contributed by atoms with E-state index in [0.29, 0.717) is 0 Å². The Labute approximate surface area is 110 Å². The molecule has 18 heavy (non-hydrogen) atoms. The lowest BCUT2D eigenvalue weighted by Gasteiger charge is -2.06. The van der Waals surface area contributed by atoms with Gasteiger partial charge in [-0.05, 0) is 36.4 Å². The number of aromatic nitrogens is 1. The van der Waals surface area contributed by atoms with Crippen molar-refractivity contribution in [2.75, 3.05) is 5.73 Å². The van der Waals surface area contributed by atoms with E-state index >= 15 is 0 Å². The molecule has 0 fully saturated rings. The van der Waals surface area contributed by atoms with E-state index in [-0.39, 0.29) is 0 Å². The average Bonchev–Trinajstić information content (AvgIpc) is 2.40. The Balaban J connectivity index is 2.07. The van der Waals surface area contributed by atoms with Crippen LogP contribution >= 0.6 is 11.8 Å². The van der Waals surface area contributed by atoms with Crippen LogP contribution in [0.4, 0.5) is 5.69 Å². The van der Waals surface area contributed by atoms with Gasteiger partial charge in [0.1, 0.15) is 0 Å². The molecule has 0 atom stereocenters. The monoisotopic (exact) mass is 252 g/mol. The largest absolute Gasteiger partial charge is 0.399 e. The lowest BCUT2D eigenvalue weighted by molar-refractivity contribution is 1.34. The highest BCUT2D eigenvalue weighted by atomic mass is 32.2. The third-order valence-electron chi connectivity index (χ3n) is 2.70. The summed E-state index contributed by atoms with van der Waals surface area (Å²) < 4.78 is 0. The van der Waals surface area contributed by atoms with Crippen molar-refractivity contribution in [3.63, 3.8) is 0 Å². The minimum atomic E-state index is 0.747. The molecule has 0 radical (unpaired) electrons. The second-order valence-electron chi connectivity index (χ2n) is 4.00. The van der Waals surface area contributed by atoms with Gasteiger partial charge in [0.25, 0.3) is 0 Å². The fraction of sp³-hybridized carbons (Fsp3) is 0. The SMILES string of the molecule is Nc1ccc2c(Sc3ccccc3)ccnc2c1. The molecular formula is C15H12N2S. The highest BCUT2D eigenvalue weighted by molar-refractivity contribution is 7.99. The van der Waals surface area contributed by atoms with E-state index in [4.69, 9.17) is 5.73 Å². The van der Waals surface area contributed by atoms with E-state index < -0.39 is 0 Å². The Kier molecular flexibility index (Phi) is 2.90. The van der Waals surface area contributed by atoms with E-state index in [1.165, 1.54) is 9.79 Å². The van der Waals surface area contributed by atoms with Crippen molar-refractivity contribution >= 4 is 28.4 Å². The zero-order chi connectivity index (χ0) is 12.4. The van der Waals surface area contributed by atoms with Crippen molar-refractivity contribution in [2.45, 2.75) is 9.79 Å². The van der Waals surface area contributed by atoms with Crippen molar-refractivity contribution in [1.29, 1.82) is 0 Å². The first-order valence-electron chi connectivity index (χ1n) is 5.70. The van der Waals surface area contributed by atoms with Crippen LogP contribution < -0.4 is 5.73 Å². The van der Waals surface area contributed by atoms with Crippen LogP contribution in [0.25, 0.3) is 10.9 Å². The molecule has 0 aliphatic carbocycles. The molecule has 0 saturated carbocycles. The Morgan fingerprint density at radius 2 is 1.78 bits per heavy atom. The lowest BCUT2D eigenvalue weighted by atomic mass is 10.2. The van der Waals surface area contributed by atoms with Crippen LogP contribution in [-0.2, 0) is 0 Å². The summed E-state index contributed by atoms with van der Waals surface area (Å²) in [6, 6.07) is 18.2. The average molecular weight is 252 g/mol. The first-order chi connectivity index (χ1) is 8.83. The number of anilines is 1. The minimum Gasteiger partial charge on any atom is -0.399 e. The fourth-order valence-corrected chi connectivity index (χ4v) is 2.80. The summed E-state index contributed by atoms with van der Waals surface area (Å²) in [4.78, 5) is 6.78. The normalized spacial score (nSPS) is 10.7. The molecule has 2 aromatic carbocycles. The maximum absolute atomic E-state index is 5.78. The highest BCUT2D eigenvalue weighted by Gasteiger charge is 2.03. The molecule has 2 nitrogen and oxygen atoms in total. The second-order valence-corrected chi connectivity index (χ2v) is 5.12. The molecular weight excluding hydrogens is 240 g/mol. The van der Waals surface area contributed by atoms with Gasteiger partial charge in [-0.1, -0.05) is 30.0 Å². The van der Waals surface area contributed by atoms with Gasteiger partial charge in [-0.25, -0.2) is 0 Å². The van der Waals surface area contributed by atoms with Crippen LogP contribution in [0.5, 0.6) is 0 Å². The smallest absolute Gasteiger partial charge is 0.0733 e. The number of fused-ring (bicyclic) bond motifs is 1. The van der Waals surface area contributed by atoms with Crippen LogP contribution in [0.2, 0.25) is 0 Å². The molecule has 0 saturated heterocycles. The Morgan fingerprint density at radius 3 is 2.61 bits per heavy atom. The maximum atomic E-state index is 5.78. The van der Waals surface area contributed by atoms with Crippen molar-refractivity contribution in [3.8, 4) is 0 Å². The molecule has 0 aliphatic rings. The zero-order valence-corrected chi connectivity index (χ0v) is 10.5. The van der Waals surface area contributed by atoms with Crippen molar-refractivity contribution in [1.82, 2.24) is 4.98 Å². The molecule has 1 aromatic heterocycles. The van der Waals surface area contributed by atoms with Crippen LogP contribution in [-0.4, -0.2) is 4.98 Å². The van der Waals surface area contributed by atoms with Gasteiger partial charge in [-0.15, -0.1) is 0 Å². The van der Waals surface area contributed by atoms with E-state index in [2.05, 4.69) is 17.1 Å². The number of hydrogen-bond donors (Lipinski definition) is 1. The number of rotatable bonds is 2. The molecule has 0 amide bonds. The minimum absolute atomic E-state index is 0.747. The summed E-state index contributed by atoms with van der Waals surface area (Å²) in [5.41, 5.74) is 7.47. The predicted octanol–water partition coefficient (Wildman–Crippen LogP) is 3.97. The third-order valence-corrected chi connectivity index (χ3v) is 3.78. The summed E-state index contributed by atoms with van der Waals surface area (Å²) in [6.45, 7) is 0. The van der Waals surface area contributed by atoms with Crippen molar-refractivity contribution < 1.29 is 0 Å². The number of nitrogens with two attached hydrogens (primary N) is 1. The van der Waals surface area contributed by atoms with Gasteiger partial charge in [0.15, 0.2) is 0 Å². The van der Waals surface area contributed by atoms with Crippen LogP contribution in [0.15, 0.2) is 70.6 Å². The van der Waals surface area contributed by atoms with Crippen LogP contribution in [0, 0.1) is 0 Å². The molecule has 0 spiro atoms. The molecule has 1 heterocycles. The summed E-state index contributed by atoms with van der Waals surface area (Å²) in [5.74, 6) is 0. The van der Waals surface area contributed by atoms with E-state index in [1.54, 1.807) is 11.8 Å². The van der Waals surface area contributed by atoms with Gasteiger partial charge < -0.3 is 5.73 Å². The molecule has 0 aliphatic heterocycles. The molecule has 3 rings (SSSR count). The van der Waals surface area contributed by atoms with Gasteiger partial charge in [0.05, 0.1) is 5.52 Å². The molecule has 0 bridgehead atoms. The Morgan fingerprint density at radius 1 is 0.944 bits per heavy atom. The highest BCUT2D eigenvalue weighted by Crippen LogP contribution is 2.32. The number of pyridine rings is 1. The molecule has 88 valence electrons. The van der Waals surface area contributed by atoms with Crippen LogP contribution in [0.1, 0.15) is 0 Å². The second kappa shape index (κ2) is 4.70. The summed E-state index contributed by atoms with van der Waals surface area (Å²) in [7, 11) is 0. The van der Waals surface area contributed by atoms with E-state index in [9.17, 15) is 0 Å². The van der Waals surface area contributed by atoms with Gasteiger partial charge in [0.2, 0.25) is 0 Å². The third kappa shape index (κ3) is 2.17. The number of hydrogen-bond acceptors (Lipinski definition) is 3. The molecule has 0 unspecified atom stereocenters. The van der Waals surface area contributed by atoms with E-state index in [1.807, 2.05) is 48.7 Å². The lowest BCUT2D eigenvalue weighted by Crippen LogP contribution is -1.87. The standard InChI is InChI=1S/C15H12N2S/c16-11-6-7-13-14(10-11)17-9-8-15(13)18-12-4-2-1-3-5-12/h1-10H,16H2. The number of nitrogen functional groups attached to an aromatic ring is 1. The molecule has 3 heteroatoms. The van der Waals surface area contributed by atoms with Gasteiger partial charge in [0, 0.05) is 27.1 Å². The van der Waals surface area contributed by atoms with Gasteiger partial charge in [-0.3, -0.25) is 4.98 Å². The Bertz CT molecular complexity index is 680. The predicted molar refractivity (Wildman–Crippen MR) is 76.7 cm³/mol. The van der Waals surface area contributed by atoms with Crippen molar-refractivity contribution in [3.05, 3.63) is 60.8 Å². The summed E-state index contributed by atoms with van der Waals surface area (Å²) >= 11 is 1.74. The van der Waals surface area contributed by atoms with Gasteiger partial charge in [-0.2, -0.15) is 0 Å². The van der Waals surface area contributed by atoms with E-state index in [0.717, 1.165) is 16.6 Å². The summed E-state index contributed by atoms with van der Waals surface area (Å²) in [5, 5.41) is 1.14. The molecule has 2 N–H and O–H groups in total. The first-order valence-corrected chi connectivity index (χ1v) is 6.52. The quantitative estimate of drug-likeness (QED) is 0.701. The Hall–Kier alpha value is -2.00. The topological polar surface area (TPSA) is 38.9 Å². The maximum Gasteiger partial charge on any atom is 0.0733 e. The number of nitrogens with zero attached hydrogens (tertiary/aromatic N) is 1. The fourth-order valence-electron chi connectivity index (χ4n) is 1.84.